The highest BCUT2D eigenvalue weighted by Gasteiger charge is 2.43. The molecule has 0 spiro atoms. The number of halogens is 1. The lowest BCUT2D eigenvalue weighted by atomic mass is 9.97. The number of piperazine rings is 2. The van der Waals surface area contributed by atoms with Gasteiger partial charge in [-0.25, -0.2) is 9.07 Å². The Balaban J connectivity index is 1.41. The fourth-order valence-electron chi connectivity index (χ4n) is 4.09. The van der Waals surface area contributed by atoms with Crippen molar-refractivity contribution in [2.24, 2.45) is 5.92 Å². The topological polar surface area (TPSA) is 70.5 Å². The van der Waals surface area contributed by atoms with Crippen molar-refractivity contribution in [2.75, 3.05) is 19.6 Å². The number of fused-ring (bicyclic) bond motifs is 1. The predicted octanol–water partition coefficient (Wildman–Crippen LogP) is 1.57. The van der Waals surface area contributed by atoms with Crippen LogP contribution in [0.15, 0.2) is 36.7 Å². The van der Waals surface area contributed by atoms with Gasteiger partial charge in [0.2, 0.25) is 11.8 Å². The molecule has 3 heterocycles. The van der Waals surface area contributed by atoms with Gasteiger partial charge in [0.25, 0.3) is 0 Å². The van der Waals surface area contributed by atoms with Crippen LogP contribution in [0, 0.1) is 11.7 Å². The van der Waals surface area contributed by atoms with Gasteiger partial charge in [-0.05, 0) is 30.5 Å². The van der Waals surface area contributed by atoms with Crippen LogP contribution in [0.25, 0.3) is 5.69 Å². The quantitative estimate of drug-likeness (QED) is 0.829. The van der Waals surface area contributed by atoms with Crippen LogP contribution in [-0.4, -0.2) is 63.1 Å². The second-order valence-corrected chi connectivity index (χ2v) is 8.25. The number of hydrogen-bond acceptors (Lipinski definition) is 4. The third-order valence-electron chi connectivity index (χ3n) is 5.49. The van der Waals surface area contributed by atoms with Crippen LogP contribution < -0.4 is 5.32 Å². The maximum atomic E-state index is 13.4. The molecule has 4 rings (SSSR count). The van der Waals surface area contributed by atoms with E-state index in [2.05, 4.69) is 15.3 Å². The number of rotatable bonds is 5. The van der Waals surface area contributed by atoms with Gasteiger partial charge in [0.15, 0.2) is 0 Å². The maximum Gasteiger partial charge on any atom is 0.245 e. The predicted molar refractivity (Wildman–Crippen MR) is 106 cm³/mol. The van der Waals surface area contributed by atoms with E-state index in [1.165, 1.54) is 12.1 Å². The number of carbonyl (C=O) groups excluding carboxylic acids is 2. The molecular formula is C21H26FN5O2. The van der Waals surface area contributed by atoms with Crippen molar-refractivity contribution in [2.45, 2.75) is 38.9 Å². The fraction of sp³-hybridized carbons (Fsp3) is 0.476. The van der Waals surface area contributed by atoms with Gasteiger partial charge in [-0.1, -0.05) is 19.9 Å². The van der Waals surface area contributed by atoms with E-state index in [4.69, 9.17) is 0 Å². The van der Waals surface area contributed by atoms with Gasteiger partial charge in [-0.15, -0.1) is 0 Å². The maximum absolute atomic E-state index is 13.4. The van der Waals surface area contributed by atoms with Crippen LogP contribution in [0.5, 0.6) is 0 Å². The Labute approximate surface area is 169 Å². The summed E-state index contributed by atoms with van der Waals surface area (Å²) in [6.45, 7) is 6.47. The van der Waals surface area contributed by atoms with Crippen LogP contribution in [0.2, 0.25) is 0 Å². The minimum Gasteiger partial charge on any atom is -0.342 e. The summed E-state index contributed by atoms with van der Waals surface area (Å²) in [6.07, 6.45) is 4.28. The SMILES string of the molecule is CC(C)C[C@@H]1NC(=O)[C@H]2CN(Cc3cnn(-c4cccc(F)c4)c3)CCN2C1=O. The number of nitrogens with zero attached hydrogens (tertiary/aromatic N) is 4. The van der Waals surface area contributed by atoms with E-state index in [9.17, 15) is 14.0 Å². The Hall–Kier alpha value is -2.74. The number of carbonyl (C=O) groups is 2. The Kier molecular flexibility index (Phi) is 5.36. The van der Waals surface area contributed by atoms with Gasteiger partial charge in [-0.2, -0.15) is 5.10 Å². The van der Waals surface area contributed by atoms with E-state index in [0.717, 1.165) is 5.56 Å². The van der Waals surface area contributed by atoms with E-state index >= 15 is 0 Å². The Morgan fingerprint density at radius 3 is 2.86 bits per heavy atom. The number of nitrogens with one attached hydrogen (secondary N) is 1. The average Bonchev–Trinajstić information content (AvgIpc) is 3.14. The van der Waals surface area contributed by atoms with Gasteiger partial charge in [0.05, 0.1) is 11.9 Å². The molecule has 0 saturated carbocycles. The second kappa shape index (κ2) is 7.94. The van der Waals surface area contributed by atoms with Crippen molar-refractivity contribution >= 4 is 11.8 Å². The number of benzene rings is 1. The molecule has 2 amide bonds. The van der Waals surface area contributed by atoms with Crippen molar-refractivity contribution < 1.29 is 14.0 Å². The van der Waals surface area contributed by atoms with Gasteiger partial charge in [0, 0.05) is 37.9 Å². The molecule has 0 aliphatic carbocycles. The highest BCUT2D eigenvalue weighted by atomic mass is 19.1. The summed E-state index contributed by atoms with van der Waals surface area (Å²) in [4.78, 5) is 29.2. The number of aromatic nitrogens is 2. The van der Waals surface area contributed by atoms with Crippen LogP contribution in [0.3, 0.4) is 0 Å². The minimum absolute atomic E-state index is 0.0295. The summed E-state index contributed by atoms with van der Waals surface area (Å²) in [6, 6.07) is 5.42. The van der Waals surface area contributed by atoms with Crippen LogP contribution in [0.4, 0.5) is 4.39 Å². The summed E-state index contributed by atoms with van der Waals surface area (Å²) in [5, 5.41) is 7.22. The largest absolute Gasteiger partial charge is 0.342 e. The lowest BCUT2D eigenvalue weighted by molar-refractivity contribution is -0.153. The molecule has 0 unspecified atom stereocenters. The molecule has 2 fully saturated rings. The monoisotopic (exact) mass is 399 g/mol. The zero-order valence-corrected chi connectivity index (χ0v) is 16.7. The molecule has 0 bridgehead atoms. The zero-order chi connectivity index (χ0) is 20.5. The normalized spacial score (nSPS) is 22.7. The Bertz CT molecular complexity index is 912. The molecule has 7 nitrogen and oxygen atoms in total. The van der Waals surface area contributed by atoms with E-state index < -0.39 is 12.1 Å². The molecule has 0 radical (unpaired) electrons. The summed E-state index contributed by atoms with van der Waals surface area (Å²) in [7, 11) is 0. The van der Waals surface area contributed by atoms with Crippen molar-refractivity contribution in [3.63, 3.8) is 0 Å². The lowest BCUT2D eigenvalue weighted by Gasteiger charge is -2.45. The molecule has 154 valence electrons. The first-order chi connectivity index (χ1) is 13.9. The summed E-state index contributed by atoms with van der Waals surface area (Å²) >= 11 is 0. The summed E-state index contributed by atoms with van der Waals surface area (Å²) < 4.78 is 15.1. The molecule has 2 aliphatic heterocycles. The van der Waals surface area contributed by atoms with E-state index in [0.29, 0.717) is 44.2 Å². The zero-order valence-electron chi connectivity index (χ0n) is 16.7. The molecule has 2 aliphatic rings. The molecular weight excluding hydrogens is 373 g/mol. The molecule has 2 atom stereocenters. The van der Waals surface area contributed by atoms with E-state index in [-0.39, 0.29) is 17.6 Å². The van der Waals surface area contributed by atoms with Crippen LogP contribution in [-0.2, 0) is 16.1 Å². The van der Waals surface area contributed by atoms with Gasteiger partial charge in [-0.3, -0.25) is 14.5 Å². The first-order valence-electron chi connectivity index (χ1n) is 10.0. The molecule has 2 aromatic rings. The second-order valence-electron chi connectivity index (χ2n) is 8.25. The van der Waals surface area contributed by atoms with Gasteiger partial charge in [0.1, 0.15) is 17.9 Å². The van der Waals surface area contributed by atoms with Crippen molar-refractivity contribution in [1.29, 1.82) is 0 Å². The molecule has 8 heteroatoms. The smallest absolute Gasteiger partial charge is 0.245 e. The van der Waals surface area contributed by atoms with E-state index in [1.54, 1.807) is 27.9 Å². The first kappa shape index (κ1) is 19.6. The van der Waals surface area contributed by atoms with Gasteiger partial charge < -0.3 is 10.2 Å². The van der Waals surface area contributed by atoms with Crippen molar-refractivity contribution in [3.05, 3.63) is 48.0 Å². The first-order valence-corrected chi connectivity index (χ1v) is 10.0. The molecule has 2 saturated heterocycles. The lowest BCUT2D eigenvalue weighted by Crippen LogP contribution is -2.69. The van der Waals surface area contributed by atoms with Crippen LogP contribution >= 0.6 is 0 Å². The highest BCUT2D eigenvalue weighted by Crippen LogP contribution is 2.21. The minimum atomic E-state index is -0.446. The molecule has 1 aromatic carbocycles. The standard InChI is InChI=1S/C21H26FN5O2/c1-14(2)8-18-21(29)26-7-6-25(13-19(26)20(28)24-18)11-15-10-23-27(12-15)17-5-3-4-16(22)9-17/h3-5,9-10,12,14,18-19H,6-8,11,13H2,1-2H3,(H,24,28)/t18-,19+/m0/s1. The summed E-state index contributed by atoms with van der Waals surface area (Å²) in [5.41, 5.74) is 1.64. The number of amides is 2. The average molecular weight is 399 g/mol. The third-order valence-corrected chi connectivity index (χ3v) is 5.49. The Morgan fingerprint density at radius 2 is 2.10 bits per heavy atom. The van der Waals surface area contributed by atoms with E-state index in [1.807, 2.05) is 20.0 Å². The van der Waals surface area contributed by atoms with Gasteiger partial charge >= 0.3 is 0 Å². The molecule has 1 aromatic heterocycles. The fourth-order valence-corrected chi connectivity index (χ4v) is 4.09. The Morgan fingerprint density at radius 1 is 1.28 bits per heavy atom. The summed E-state index contributed by atoms with van der Waals surface area (Å²) in [5.74, 6) is -0.00610. The van der Waals surface area contributed by atoms with Crippen molar-refractivity contribution in [3.8, 4) is 5.69 Å². The molecule has 1 N–H and O–H groups in total. The van der Waals surface area contributed by atoms with Crippen LogP contribution in [0.1, 0.15) is 25.8 Å². The molecule has 29 heavy (non-hydrogen) atoms. The highest BCUT2D eigenvalue weighted by molar-refractivity contribution is 5.97. The van der Waals surface area contributed by atoms with Crippen molar-refractivity contribution in [1.82, 2.24) is 24.9 Å². The number of hydrogen-bond donors (Lipinski definition) is 1. The third kappa shape index (κ3) is 4.17.